The molecule has 42 heavy (non-hydrogen) atoms. The van der Waals surface area contributed by atoms with E-state index in [4.69, 9.17) is 44.6 Å². The molecule has 1 aromatic heterocycles. The summed E-state index contributed by atoms with van der Waals surface area (Å²) in [7, 11) is 0. The molecular formula is C29H31Cl3F2N4O4. The third-order valence-corrected chi connectivity index (χ3v) is 8.82. The van der Waals surface area contributed by atoms with Crippen LogP contribution < -0.4 is 15.6 Å². The zero-order valence-corrected chi connectivity index (χ0v) is 25.0. The average molecular weight is 644 g/mol. The number of carbonyl (C=O) groups excluding carboxylic acids is 1. The van der Waals surface area contributed by atoms with E-state index >= 15 is 4.39 Å². The average Bonchev–Trinajstić information content (AvgIpc) is 2.96. The molecule has 2 atom stereocenters. The van der Waals surface area contributed by atoms with Crippen LogP contribution >= 0.6 is 34.8 Å². The number of rotatable bonds is 10. The van der Waals surface area contributed by atoms with Crippen LogP contribution in [0.4, 0.5) is 14.5 Å². The first kappa shape index (κ1) is 31.0. The molecule has 1 aliphatic heterocycles. The quantitative estimate of drug-likeness (QED) is 0.308. The second kappa shape index (κ2) is 13.4. The number of hydrogen-bond donors (Lipinski definition) is 2. The lowest BCUT2D eigenvalue weighted by Gasteiger charge is -2.37. The lowest BCUT2D eigenvalue weighted by molar-refractivity contribution is 0.0724. The smallest absolute Gasteiger partial charge is 0.257 e. The second-order valence-electron chi connectivity index (χ2n) is 10.4. The standard InChI is InChI=1S/C29H31Cl3F2N4O4/c30-18-2-1-17(21(31)13-18)15-35-29(41)20-16-38(24-4-3-22(24)33)26-19(28(20)40)14-23(34)27(25(26)32)37-7-5-36(6-8-37)9-11-42-12-10-39/h1-2,13-14,16,22,24,39H,3-12,15H2,(H,35,41). The molecule has 3 aromatic rings. The maximum Gasteiger partial charge on any atom is 0.257 e. The Kier molecular flexibility index (Phi) is 9.92. The topological polar surface area (TPSA) is 87.0 Å². The summed E-state index contributed by atoms with van der Waals surface area (Å²) in [5, 5.41) is 12.3. The largest absolute Gasteiger partial charge is 0.394 e. The van der Waals surface area contributed by atoms with Crippen LogP contribution in [0.3, 0.4) is 0 Å². The fraction of sp³-hybridized carbons (Fsp3) is 0.448. The Hall–Kier alpha value is -2.47. The minimum Gasteiger partial charge on any atom is -0.394 e. The normalized spacial score (nSPS) is 19.2. The van der Waals surface area contributed by atoms with E-state index in [0.29, 0.717) is 67.8 Å². The first-order chi connectivity index (χ1) is 20.2. The molecule has 2 N–H and O–H groups in total. The fourth-order valence-electron chi connectivity index (χ4n) is 5.39. The van der Waals surface area contributed by atoms with Crippen molar-refractivity contribution in [3.05, 3.63) is 72.7 Å². The van der Waals surface area contributed by atoms with E-state index < -0.39 is 29.4 Å². The molecule has 1 saturated carbocycles. The van der Waals surface area contributed by atoms with Gasteiger partial charge in [0, 0.05) is 55.5 Å². The Labute approximate surface area is 256 Å². The maximum absolute atomic E-state index is 15.7. The predicted molar refractivity (Wildman–Crippen MR) is 161 cm³/mol. The van der Waals surface area contributed by atoms with Gasteiger partial charge in [-0.2, -0.15) is 0 Å². The zero-order chi connectivity index (χ0) is 30.0. The molecule has 1 amide bonds. The molecule has 13 heteroatoms. The number of carbonyl (C=O) groups is 1. The van der Waals surface area contributed by atoms with Crippen LogP contribution in [0.25, 0.3) is 10.9 Å². The SMILES string of the molecule is O=C(NCc1ccc(Cl)cc1Cl)c1cn(C2CCC2F)c2c(Cl)c(N3CCN(CCOCCO)CC3)c(F)cc2c1=O. The van der Waals surface area contributed by atoms with E-state index in [2.05, 4.69) is 10.2 Å². The number of halogens is 5. The molecule has 2 unspecified atom stereocenters. The Bertz CT molecular complexity index is 1530. The summed E-state index contributed by atoms with van der Waals surface area (Å²) in [4.78, 5) is 30.7. The molecule has 0 radical (unpaired) electrons. The summed E-state index contributed by atoms with van der Waals surface area (Å²) in [5.74, 6) is -1.39. The van der Waals surface area contributed by atoms with Crippen LogP contribution in [0.5, 0.6) is 0 Å². The minimum atomic E-state index is -1.19. The molecule has 2 heterocycles. The van der Waals surface area contributed by atoms with E-state index in [1.165, 1.54) is 10.8 Å². The van der Waals surface area contributed by atoms with Crippen LogP contribution in [0.1, 0.15) is 34.8 Å². The number of nitrogens with one attached hydrogen (secondary N) is 1. The lowest BCUT2D eigenvalue weighted by Crippen LogP contribution is -2.47. The third kappa shape index (κ3) is 6.39. The number of amides is 1. The fourth-order valence-corrected chi connectivity index (χ4v) is 6.28. The number of ether oxygens (including phenoxy) is 1. The van der Waals surface area contributed by atoms with Crippen molar-refractivity contribution >= 4 is 57.3 Å². The number of nitrogens with zero attached hydrogens (tertiary/aromatic N) is 3. The third-order valence-electron chi connectivity index (χ3n) is 7.87. The summed E-state index contributed by atoms with van der Waals surface area (Å²) < 4.78 is 37.3. The van der Waals surface area contributed by atoms with Crippen molar-refractivity contribution in [1.29, 1.82) is 0 Å². The Morgan fingerprint density at radius 1 is 1.10 bits per heavy atom. The Morgan fingerprint density at radius 2 is 1.86 bits per heavy atom. The molecule has 0 spiro atoms. The number of aliphatic hydroxyl groups is 1. The van der Waals surface area contributed by atoms with Crippen molar-refractivity contribution in [3.63, 3.8) is 0 Å². The number of alkyl halides is 1. The van der Waals surface area contributed by atoms with Gasteiger partial charge in [0.25, 0.3) is 5.91 Å². The number of pyridine rings is 1. The highest BCUT2D eigenvalue weighted by molar-refractivity contribution is 6.38. The van der Waals surface area contributed by atoms with Gasteiger partial charge in [0.1, 0.15) is 17.6 Å². The highest BCUT2D eigenvalue weighted by Crippen LogP contribution is 2.42. The molecule has 8 nitrogen and oxygen atoms in total. The zero-order valence-electron chi connectivity index (χ0n) is 22.7. The van der Waals surface area contributed by atoms with Crippen molar-refractivity contribution < 1.29 is 23.4 Å². The van der Waals surface area contributed by atoms with Gasteiger partial charge in [-0.05, 0) is 36.6 Å². The van der Waals surface area contributed by atoms with Gasteiger partial charge in [0.2, 0.25) is 5.43 Å². The number of hydrogen-bond acceptors (Lipinski definition) is 6. The van der Waals surface area contributed by atoms with Crippen LogP contribution in [-0.4, -0.2) is 79.2 Å². The molecule has 226 valence electrons. The number of benzene rings is 2. The van der Waals surface area contributed by atoms with Crippen molar-refractivity contribution in [2.75, 3.05) is 57.4 Å². The molecule has 2 aliphatic rings. The minimum absolute atomic E-state index is 0.0147. The van der Waals surface area contributed by atoms with Gasteiger partial charge in [0.05, 0.1) is 47.5 Å². The summed E-state index contributed by atoms with van der Waals surface area (Å²) in [6, 6.07) is 5.29. The van der Waals surface area contributed by atoms with Crippen LogP contribution in [-0.2, 0) is 11.3 Å². The number of aromatic nitrogens is 1. The maximum atomic E-state index is 15.7. The molecule has 5 rings (SSSR count). The molecule has 1 saturated heterocycles. The van der Waals surface area contributed by atoms with E-state index in [1.807, 2.05) is 4.90 Å². The van der Waals surface area contributed by atoms with E-state index in [0.717, 1.165) is 6.07 Å². The summed E-state index contributed by atoms with van der Waals surface area (Å²) in [6.07, 6.45) is 0.962. The first-order valence-electron chi connectivity index (χ1n) is 13.8. The molecule has 0 bridgehead atoms. The second-order valence-corrected chi connectivity index (χ2v) is 11.7. The first-order valence-corrected chi connectivity index (χ1v) is 14.9. The van der Waals surface area contributed by atoms with Crippen LogP contribution in [0.15, 0.2) is 35.3 Å². The van der Waals surface area contributed by atoms with Crippen molar-refractivity contribution in [2.24, 2.45) is 0 Å². The highest BCUT2D eigenvalue weighted by atomic mass is 35.5. The van der Waals surface area contributed by atoms with Gasteiger partial charge < -0.3 is 24.6 Å². The van der Waals surface area contributed by atoms with Crippen molar-refractivity contribution in [1.82, 2.24) is 14.8 Å². The van der Waals surface area contributed by atoms with Gasteiger partial charge in [-0.3, -0.25) is 14.5 Å². The van der Waals surface area contributed by atoms with Crippen molar-refractivity contribution in [2.45, 2.75) is 31.6 Å². The Morgan fingerprint density at radius 3 is 2.50 bits per heavy atom. The number of piperazine rings is 1. The number of anilines is 1. The van der Waals surface area contributed by atoms with E-state index in [9.17, 15) is 14.0 Å². The van der Waals surface area contributed by atoms with Gasteiger partial charge in [-0.1, -0.05) is 40.9 Å². The monoisotopic (exact) mass is 642 g/mol. The van der Waals surface area contributed by atoms with E-state index in [1.54, 1.807) is 18.2 Å². The van der Waals surface area contributed by atoms with Gasteiger partial charge >= 0.3 is 0 Å². The molecular weight excluding hydrogens is 613 g/mol. The molecule has 2 fully saturated rings. The molecule has 2 aromatic carbocycles. The lowest BCUT2D eigenvalue weighted by atomic mass is 9.89. The van der Waals surface area contributed by atoms with Crippen molar-refractivity contribution in [3.8, 4) is 0 Å². The highest BCUT2D eigenvalue weighted by Gasteiger charge is 2.35. The van der Waals surface area contributed by atoms with Crippen LogP contribution in [0, 0.1) is 5.82 Å². The van der Waals surface area contributed by atoms with Gasteiger partial charge in [-0.25, -0.2) is 8.78 Å². The predicted octanol–water partition coefficient (Wildman–Crippen LogP) is 4.83. The van der Waals surface area contributed by atoms with Crippen LogP contribution in [0.2, 0.25) is 15.1 Å². The van der Waals surface area contributed by atoms with E-state index in [-0.39, 0.29) is 46.9 Å². The summed E-state index contributed by atoms with van der Waals surface area (Å²) in [6.45, 7) is 3.65. The molecule has 1 aliphatic carbocycles. The Balaban J connectivity index is 1.45. The number of aliphatic hydroxyl groups excluding tert-OH is 1. The summed E-state index contributed by atoms with van der Waals surface area (Å²) >= 11 is 19.0. The van der Waals surface area contributed by atoms with Gasteiger partial charge in [0.15, 0.2) is 0 Å². The number of fused-ring (bicyclic) bond motifs is 1. The summed E-state index contributed by atoms with van der Waals surface area (Å²) in [5.41, 5.74) is 0.0119. The van der Waals surface area contributed by atoms with Gasteiger partial charge in [-0.15, -0.1) is 0 Å².